The highest BCUT2D eigenvalue weighted by molar-refractivity contribution is 6.32. The topological polar surface area (TPSA) is 38.4 Å². The standard InChI is InChI=1S/C8H9ClF2N2/c1-13-6-5(7(9)12)3-2-4(3)8(6,10)11/h3-4H,2,12H2,1H3/b7-5-,13-6+. The van der Waals surface area contributed by atoms with E-state index in [1.165, 1.54) is 7.05 Å². The average Bonchev–Trinajstić information content (AvgIpc) is 2.73. The largest absolute Gasteiger partial charge is 0.389 e. The Morgan fingerprint density at radius 2 is 2.31 bits per heavy atom. The lowest BCUT2D eigenvalue weighted by Crippen LogP contribution is -2.28. The normalized spacial score (nSPS) is 42.0. The summed E-state index contributed by atoms with van der Waals surface area (Å²) in [6.07, 6.45) is 0.481. The zero-order valence-corrected chi connectivity index (χ0v) is 7.78. The van der Waals surface area contributed by atoms with Crippen molar-refractivity contribution in [1.82, 2.24) is 0 Å². The Morgan fingerprint density at radius 3 is 2.69 bits per heavy atom. The van der Waals surface area contributed by atoms with Crippen LogP contribution in [-0.2, 0) is 0 Å². The van der Waals surface area contributed by atoms with Gasteiger partial charge in [-0.1, -0.05) is 11.6 Å². The molecule has 72 valence electrons. The van der Waals surface area contributed by atoms with Crippen LogP contribution >= 0.6 is 11.6 Å². The summed E-state index contributed by atoms with van der Waals surface area (Å²) in [5.41, 5.74) is 5.47. The molecule has 2 saturated carbocycles. The first kappa shape index (κ1) is 8.94. The molecule has 0 aromatic heterocycles. The van der Waals surface area contributed by atoms with Gasteiger partial charge >= 0.3 is 0 Å². The fourth-order valence-electron chi connectivity index (χ4n) is 2.01. The van der Waals surface area contributed by atoms with Crippen molar-refractivity contribution in [2.24, 2.45) is 22.6 Å². The highest BCUT2D eigenvalue weighted by Gasteiger charge is 2.67. The van der Waals surface area contributed by atoms with E-state index < -0.39 is 11.8 Å². The summed E-state index contributed by atoms with van der Waals surface area (Å²) in [5.74, 6) is -3.60. The summed E-state index contributed by atoms with van der Waals surface area (Å²) in [4.78, 5) is 3.57. The van der Waals surface area contributed by atoms with Crippen LogP contribution in [0.5, 0.6) is 0 Å². The summed E-state index contributed by atoms with van der Waals surface area (Å²) in [6, 6.07) is 0. The van der Waals surface area contributed by atoms with E-state index in [0.29, 0.717) is 12.0 Å². The van der Waals surface area contributed by atoms with Crippen molar-refractivity contribution in [3.8, 4) is 0 Å². The number of rotatable bonds is 0. The van der Waals surface area contributed by atoms with Gasteiger partial charge in [-0.3, -0.25) is 4.99 Å². The van der Waals surface area contributed by atoms with E-state index in [1.807, 2.05) is 0 Å². The molecule has 2 unspecified atom stereocenters. The Kier molecular flexibility index (Phi) is 1.68. The highest BCUT2D eigenvalue weighted by atomic mass is 35.5. The predicted molar refractivity (Wildman–Crippen MR) is 47.0 cm³/mol. The Hall–Kier alpha value is -0.640. The van der Waals surface area contributed by atoms with Gasteiger partial charge in [0, 0.05) is 18.5 Å². The van der Waals surface area contributed by atoms with Gasteiger partial charge in [0.05, 0.1) is 0 Å². The molecule has 2 nitrogen and oxygen atoms in total. The molecule has 0 saturated heterocycles. The maximum Gasteiger partial charge on any atom is 0.293 e. The van der Waals surface area contributed by atoms with Gasteiger partial charge in [0.1, 0.15) is 10.9 Å². The molecule has 2 rings (SSSR count). The number of nitrogens with zero attached hydrogens (tertiary/aromatic N) is 1. The predicted octanol–water partition coefficient (Wildman–Crippen LogP) is 1.75. The van der Waals surface area contributed by atoms with Crippen LogP contribution < -0.4 is 5.73 Å². The molecule has 0 bridgehead atoms. The molecule has 5 heteroatoms. The Bertz CT molecular complexity index is 318. The summed E-state index contributed by atoms with van der Waals surface area (Å²) < 4.78 is 26.8. The van der Waals surface area contributed by atoms with Crippen molar-refractivity contribution in [1.29, 1.82) is 0 Å². The number of hydrogen-bond acceptors (Lipinski definition) is 2. The molecule has 0 radical (unpaired) electrons. The van der Waals surface area contributed by atoms with Crippen LogP contribution in [0.1, 0.15) is 6.42 Å². The summed E-state index contributed by atoms with van der Waals surface area (Å²) in [5, 5.41) is -0.0368. The number of nitrogens with two attached hydrogens (primary N) is 1. The van der Waals surface area contributed by atoms with Crippen molar-refractivity contribution in [3.05, 3.63) is 10.7 Å². The van der Waals surface area contributed by atoms with E-state index >= 15 is 0 Å². The molecular weight excluding hydrogens is 198 g/mol. The number of alkyl halides is 2. The fourth-order valence-corrected chi connectivity index (χ4v) is 2.23. The van der Waals surface area contributed by atoms with Crippen molar-refractivity contribution < 1.29 is 8.78 Å². The SMILES string of the molecule is C/N=C1\C(=C(/N)Cl)C2CC2C1(F)F. The summed E-state index contributed by atoms with van der Waals surface area (Å²) >= 11 is 5.55. The Labute approximate surface area is 79.5 Å². The maximum atomic E-state index is 13.4. The van der Waals surface area contributed by atoms with Crippen LogP contribution in [0.3, 0.4) is 0 Å². The minimum Gasteiger partial charge on any atom is -0.389 e. The van der Waals surface area contributed by atoms with E-state index in [1.54, 1.807) is 0 Å². The first-order valence-corrected chi connectivity index (χ1v) is 4.38. The molecule has 2 N–H and O–H groups in total. The first-order chi connectivity index (χ1) is 6.00. The second-order valence-electron chi connectivity index (χ2n) is 3.41. The lowest BCUT2D eigenvalue weighted by molar-refractivity contribution is 0.0579. The molecule has 0 aliphatic heterocycles. The van der Waals surface area contributed by atoms with Crippen LogP contribution in [0.2, 0.25) is 0 Å². The second kappa shape index (κ2) is 2.44. The maximum absolute atomic E-state index is 13.4. The summed E-state index contributed by atoms with van der Waals surface area (Å²) in [6.45, 7) is 0. The summed E-state index contributed by atoms with van der Waals surface area (Å²) in [7, 11) is 1.34. The van der Waals surface area contributed by atoms with Gasteiger partial charge in [0.25, 0.3) is 5.92 Å². The van der Waals surface area contributed by atoms with Gasteiger partial charge in [-0.2, -0.15) is 8.78 Å². The monoisotopic (exact) mass is 206 g/mol. The molecular formula is C8H9ClF2N2. The third kappa shape index (κ3) is 1.01. The second-order valence-corrected chi connectivity index (χ2v) is 3.81. The zero-order chi connectivity index (χ0) is 9.80. The lowest BCUT2D eigenvalue weighted by Gasteiger charge is -2.13. The van der Waals surface area contributed by atoms with E-state index in [-0.39, 0.29) is 16.8 Å². The van der Waals surface area contributed by atoms with Gasteiger partial charge in [-0.25, -0.2) is 0 Å². The first-order valence-electron chi connectivity index (χ1n) is 4.00. The molecule has 0 spiro atoms. The highest BCUT2D eigenvalue weighted by Crippen LogP contribution is 2.61. The number of allylic oxidation sites excluding steroid dienone is 1. The van der Waals surface area contributed by atoms with Crippen LogP contribution in [0.25, 0.3) is 0 Å². The molecule has 13 heavy (non-hydrogen) atoms. The van der Waals surface area contributed by atoms with Crippen molar-refractivity contribution in [3.63, 3.8) is 0 Å². The van der Waals surface area contributed by atoms with Gasteiger partial charge in [0.15, 0.2) is 0 Å². The number of hydrogen-bond donors (Lipinski definition) is 1. The Morgan fingerprint density at radius 1 is 1.69 bits per heavy atom. The molecule has 2 atom stereocenters. The van der Waals surface area contributed by atoms with Gasteiger partial charge in [-0.05, 0) is 12.3 Å². The quantitative estimate of drug-likeness (QED) is 0.603. The van der Waals surface area contributed by atoms with E-state index in [9.17, 15) is 8.78 Å². The van der Waals surface area contributed by atoms with Crippen LogP contribution in [-0.4, -0.2) is 18.7 Å². The van der Waals surface area contributed by atoms with Gasteiger partial charge < -0.3 is 5.73 Å². The van der Waals surface area contributed by atoms with Crippen molar-refractivity contribution in [2.45, 2.75) is 12.3 Å². The van der Waals surface area contributed by atoms with E-state index in [2.05, 4.69) is 4.99 Å². The molecule has 2 fully saturated rings. The van der Waals surface area contributed by atoms with Crippen molar-refractivity contribution in [2.75, 3.05) is 7.05 Å². The van der Waals surface area contributed by atoms with E-state index in [4.69, 9.17) is 17.3 Å². The molecule has 0 heterocycles. The number of halogens is 3. The van der Waals surface area contributed by atoms with Crippen LogP contribution in [0.4, 0.5) is 8.78 Å². The lowest BCUT2D eigenvalue weighted by atomic mass is 10.1. The molecule has 0 aromatic rings. The number of aliphatic imine (C=N–C) groups is 1. The molecule has 0 amide bonds. The minimum absolute atomic E-state index is 0.0368. The third-order valence-electron chi connectivity index (χ3n) is 2.68. The third-order valence-corrected chi connectivity index (χ3v) is 2.88. The molecule has 2 aliphatic rings. The minimum atomic E-state index is -2.83. The average molecular weight is 207 g/mol. The molecule has 2 aliphatic carbocycles. The Balaban J connectivity index is 2.50. The van der Waals surface area contributed by atoms with Gasteiger partial charge in [0.2, 0.25) is 0 Å². The van der Waals surface area contributed by atoms with Crippen molar-refractivity contribution >= 4 is 17.3 Å². The smallest absolute Gasteiger partial charge is 0.293 e. The fraction of sp³-hybridized carbons (Fsp3) is 0.625. The van der Waals surface area contributed by atoms with E-state index in [0.717, 1.165) is 0 Å². The van der Waals surface area contributed by atoms with Crippen LogP contribution in [0, 0.1) is 11.8 Å². The number of fused-ring (bicyclic) bond motifs is 1. The van der Waals surface area contributed by atoms with Gasteiger partial charge in [-0.15, -0.1) is 0 Å². The van der Waals surface area contributed by atoms with Crippen LogP contribution in [0.15, 0.2) is 15.7 Å². The zero-order valence-electron chi connectivity index (χ0n) is 7.02. The molecule has 0 aromatic carbocycles.